The Morgan fingerprint density at radius 1 is 1.19 bits per heavy atom. The highest BCUT2D eigenvalue weighted by atomic mass is 16.5. The molecule has 1 amide bonds. The maximum absolute atomic E-state index is 12.3. The van der Waals surface area contributed by atoms with Crippen LogP contribution >= 0.6 is 0 Å². The highest BCUT2D eigenvalue weighted by molar-refractivity contribution is 5.93. The normalized spacial score (nSPS) is 11.9. The van der Waals surface area contributed by atoms with Gasteiger partial charge in [0.05, 0.1) is 18.2 Å². The summed E-state index contributed by atoms with van der Waals surface area (Å²) >= 11 is 0. The Kier molecular flexibility index (Phi) is 6.61. The van der Waals surface area contributed by atoms with E-state index in [-0.39, 0.29) is 17.9 Å². The number of benzene rings is 1. The maximum atomic E-state index is 12.3. The van der Waals surface area contributed by atoms with E-state index in [2.05, 4.69) is 5.32 Å². The Bertz CT molecular complexity index is 778. The van der Waals surface area contributed by atoms with E-state index in [1.807, 2.05) is 62.7 Å². The molecule has 0 bridgehead atoms. The van der Waals surface area contributed by atoms with Crippen LogP contribution in [0.5, 0.6) is 0 Å². The van der Waals surface area contributed by atoms with Gasteiger partial charge in [-0.1, -0.05) is 30.3 Å². The summed E-state index contributed by atoms with van der Waals surface area (Å²) in [6, 6.07) is 9.85. The first-order valence-corrected chi connectivity index (χ1v) is 9.03. The number of hydrogen-bond acceptors (Lipinski definition) is 3. The van der Waals surface area contributed by atoms with E-state index >= 15 is 0 Å². The zero-order chi connectivity index (χ0) is 19.3. The first-order chi connectivity index (χ1) is 12.4. The number of nitrogens with one attached hydrogen (secondary N) is 1. The maximum Gasteiger partial charge on any atom is 0.340 e. The van der Waals surface area contributed by atoms with Crippen LogP contribution in [-0.4, -0.2) is 23.1 Å². The number of carbonyl (C=O) groups is 2. The predicted molar refractivity (Wildman–Crippen MR) is 102 cm³/mol. The average molecular weight is 356 g/mol. The lowest BCUT2D eigenvalue weighted by atomic mass is 10.1. The Hall–Kier alpha value is -2.56. The summed E-state index contributed by atoms with van der Waals surface area (Å²) in [5, 5.41) is 3.03. The molecule has 0 fully saturated rings. The minimum absolute atomic E-state index is 0.00251. The second-order valence-electron chi connectivity index (χ2n) is 6.51. The first kappa shape index (κ1) is 19.8. The van der Waals surface area contributed by atoms with Gasteiger partial charge < -0.3 is 14.6 Å². The van der Waals surface area contributed by atoms with Crippen molar-refractivity contribution >= 4 is 11.9 Å². The molecule has 1 atom stereocenters. The van der Waals surface area contributed by atoms with Gasteiger partial charge in [0.1, 0.15) is 0 Å². The molecule has 0 spiro atoms. The average Bonchev–Trinajstić information content (AvgIpc) is 2.83. The van der Waals surface area contributed by atoms with Crippen LogP contribution in [0.15, 0.2) is 30.3 Å². The van der Waals surface area contributed by atoms with Gasteiger partial charge in [-0.25, -0.2) is 4.79 Å². The van der Waals surface area contributed by atoms with E-state index in [4.69, 9.17) is 4.74 Å². The Balaban J connectivity index is 2.04. The van der Waals surface area contributed by atoms with Gasteiger partial charge in [-0.2, -0.15) is 0 Å². The molecule has 5 heteroatoms. The number of ether oxygens (including phenoxy) is 1. The van der Waals surface area contributed by atoms with Crippen molar-refractivity contribution < 1.29 is 14.3 Å². The van der Waals surface area contributed by atoms with Crippen molar-refractivity contribution in [2.75, 3.05) is 6.61 Å². The minimum Gasteiger partial charge on any atom is -0.462 e. The van der Waals surface area contributed by atoms with Crippen molar-refractivity contribution in [1.82, 2.24) is 9.88 Å². The van der Waals surface area contributed by atoms with Gasteiger partial charge in [0, 0.05) is 24.9 Å². The molecular formula is C21H28N2O3. The second kappa shape index (κ2) is 8.70. The largest absolute Gasteiger partial charge is 0.462 e. The number of amides is 1. The van der Waals surface area contributed by atoms with Crippen molar-refractivity contribution in [3.8, 4) is 0 Å². The summed E-state index contributed by atoms with van der Waals surface area (Å²) < 4.78 is 7.14. The van der Waals surface area contributed by atoms with Crippen molar-refractivity contribution in [3.05, 3.63) is 58.4 Å². The van der Waals surface area contributed by atoms with Crippen molar-refractivity contribution in [3.63, 3.8) is 0 Å². The van der Waals surface area contributed by atoms with Crippen LogP contribution in [0.3, 0.4) is 0 Å². The number of aromatic nitrogens is 1. The van der Waals surface area contributed by atoms with E-state index in [0.29, 0.717) is 25.0 Å². The zero-order valence-corrected chi connectivity index (χ0v) is 16.3. The minimum atomic E-state index is -0.300. The lowest BCUT2D eigenvalue weighted by Crippen LogP contribution is -2.27. The summed E-state index contributed by atoms with van der Waals surface area (Å²) in [6.07, 6.45) is 0.952. The molecule has 1 aromatic heterocycles. The highest BCUT2D eigenvalue weighted by Gasteiger charge is 2.22. The van der Waals surface area contributed by atoms with E-state index < -0.39 is 0 Å². The van der Waals surface area contributed by atoms with E-state index in [9.17, 15) is 9.59 Å². The fraction of sp³-hybridized carbons (Fsp3) is 0.429. The van der Waals surface area contributed by atoms with Gasteiger partial charge in [-0.3, -0.25) is 4.79 Å². The van der Waals surface area contributed by atoms with Gasteiger partial charge >= 0.3 is 5.97 Å². The third kappa shape index (κ3) is 4.34. The molecule has 0 saturated carbocycles. The molecule has 0 saturated heterocycles. The van der Waals surface area contributed by atoms with Gasteiger partial charge in [0.15, 0.2) is 0 Å². The summed E-state index contributed by atoms with van der Waals surface area (Å²) in [7, 11) is 1.92. The summed E-state index contributed by atoms with van der Waals surface area (Å²) in [5.41, 5.74) is 4.45. The van der Waals surface area contributed by atoms with E-state index in [0.717, 1.165) is 22.5 Å². The van der Waals surface area contributed by atoms with Crippen LogP contribution in [-0.2, 0) is 23.0 Å². The quantitative estimate of drug-likeness (QED) is 0.771. The molecule has 1 aromatic carbocycles. The molecule has 1 N–H and O–H groups in total. The van der Waals surface area contributed by atoms with Crippen LogP contribution in [0.1, 0.15) is 59.2 Å². The number of rotatable bonds is 7. The summed E-state index contributed by atoms with van der Waals surface area (Å²) in [4.78, 5) is 24.5. The topological polar surface area (TPSA) is 60.3 Å². The SMILES string of the molecule is CCOC(=O)c1c(C)c(CCC(=O)N[C@H](C)c2ccccc2)n(C)c1C. The van der Waals surface area contributed by atoms with Crippen molar-refractivity contribution in [2.24, 2.45) is 7.05 Å². The third-order valence-corrected chi connectivity index (χ3v) is 4.82. The first-order valence-electron chi connectivity index (χ1n) is 9.03. The van der Waals surface area contributed by atoms with E-state index in [1.54, 1.807) is 6.92 Å². The van der Waals surface area contributed by atoms with Crippen molar-refractivity contribution in [2.45, 2.75) is 46.6 Å². The standard InChI is InChI=1S/C21H28N2O3/c1-6-26-21(25)20-14(2)18(23(5)16(20)4)12-13-19(24)22-15(3)17-10-8-7-9-11-17/h7-11,15H,6,12-13H2,1-5H3,(H,22,24)/t15-/m1/s1. The Morgan fingerprint density at radius 2 is 1.85 bits per heavy atom. The molecule has 0 aliphatic heterocycles. The van der Waals surface area contributed by atoms with Crippen LogP contribution in [0.25, 0.3) is 0 Å². The van der Waals surface area contributed by atoms with E-state index in [1.165, 1.54) is 0 Å². The fourth-order valence-corrected chi connectivity index (χ4v) is 3.27. The zero-order valence-electron chi connectivity index (χ0n) is 16.3. The second-order valence-corrected chi connectivity index (χ2v) is 6.51. The molecular weight excluding hydrogens is 328 g/mol. The summed E-state index contributed by atoms with van der Waals surface area (Å²) in [5.74, 6) is -0.302. The lowest BCUT2D eigenvalue weighted by Gasteiger charge is -2.14. The Labute approximate surface area is 155 Å². The molecule has 2 rings (SSSR count). The molecule has 0 aliphatic rings. The molecule has 140 valence electrons. The Morgan fingerprint density at radius 3 is 2.46 bits per heavy atom. The van der Waals surface area contributed by atoms with Crippen LogP contribution < -0.4 is 5.32 Å². The molecule has 0 unspecified atom stereocenters. The third-order valence-electron chi connectivity index (χ3n) is 4.82. The molecule has 0 radical (unpaired) electrons. The van der Waals surface area contributed by atoms with Crippen LogP contribution in [0.2, 0.25) is 0 Å². The monoisotopic (exact) mass is 356 g/mol. The smallest absolute Gasteiger partial charge is 0.340 e. The molecule has 2 aromatic rings. The van der Waals surface area contributed by atoms with Gasteiger partial charge in [-0.15, -0.1) is 0 Å². The number of nitrogens with zero attached hydrogens (tertiary/aromatic N) is 1. The number of hydrogen-bond donors (Lipinski definition) is 1. The molecule has 1 heterocycles. The van der Waals surface area contributed by atoms with Crippen molar-refractivity contribution in [1.29, 1.82) is 0 Å². The molecule has 26 heavy (non-hydrogen) atoms. The molecule has 0 aliphatic carbocycles. The van der Waals surface area contributed by atoms with Gasteiger partial charge in [0.25, 0.3) is 0 Å². The van der Waals surface area contributed by atoms with Gasteiger partial charge in [0.2, 0.25) is 5.91 Å². The fourth-order valence-electron chi connectivity index (χ4n) is 3.27. The highest BCUT2D eigenvalue weighted by Crippen LogP contribution is 2.23. The number of esters is 1. The van der Waals surface area contributed by atoms with Crippen LogP contribution in [0, 0.1) is 13.8 Å². The molecule has 5 nitrogen and oxygen atoms in total. The summed E-state index contributed by atoms with van der Waals surface area (Å²) in [6.45, 7) is 7.94. The lowest BCUT2D eigenvalue weighted by molar-refractivity contribution is -0.121. The van der Waals surface area contributed by atoms with Crippen LogP contribution in [0.4, 0.5) is 0 Å². The number of carbonyl (C=O) groups excluding carboxylic acids is 2. The predicted octanol–water partition coefficient (Wildman–Crippen LogP) is 3.63. The van der Waals surface area contributed by atoms with Gasteiger partial charge in [-0.05, 0) is 45.2 Å².